The fourth-order valence-corrected chi connectivity index (χ4v) is 2.90. The average Bonchev–Trinajstić information content (AvgIpc) is 2.60. The highest BCUT2D eigenvalue weighted by molar-refractivity contribution is 5.66. The van der Waals surface area contributed by atoms with E-state index < -0.39 is 0 Å². The molecule has 0 spiro atoms. The molecule has 0 amide bonds. The number of nitrogens with zero attached hydrogens (tertiary/aromatic N) is 4. The first-order valence-corrected chi connectivity index (χ1v) is 7.88. The lowest BCUT2D eigenvalue weighted by Crippen LogP contribution is -2.48. The van der Waals surface area contributed by atoms with E-state index in [1.807, 2.05) is 41.0 Å². The number of aryl methyl sites for hydroxylation is 1. The Morgan fingerprint density at radius 2 is 2.00 bits per heavy atom. The molecule has 24 heavy (non-hydrogen) atoms. The van der Waals surface area contributed by atoms with Crippen molar-refractivity contribution < 1.29 is 9.84 Å². The second-order valence-electron chi connectivity index (χ2n) is 5.86. The smallest absolute Gasteiger partial charge is 0.259 e. The van der Waals surface area contributed by atoms with Crippen LogP contribution in [0.15, 0.2) is 29.1 Å². The summed E-state index contributed by atoms with van der Waals surface area (Å²) in [6, 6.07) is 7.64. The highest BCUT2D eigenvalue weighted by Gasteiger charge is 2.28. The number of benzene rings is 1. The zero-order valence-corrected chi connectivity index (χ0v) is 14.2. The van der Waals surface area contributed by atoms with Crippen molar-refractivity contribution >= 4 is 11.6 Å². The quantitative estimate of drug-likeness (QED) is 0.909. The zero-order chi connectivity index (χ0) is 17.3. The number of aromatic nitrogens is 2. The van der Waals surface area contributed by atoms with Gasteiger partial charge in [-0.05, 0) is 26.0 Å². The van der Waals surface area contributed by atoms with E-state index in [0.29, 0.717) is 37.1 Å². The van der Waals surface area contributed by atoms with Crippen LogP contribution < -0.4 is 15.2 Å². The SMILES string of the molecule is COc1ccccc1N1CN(CCO)Cn2c1nc(C)c(C)c2=O. The number of aliphatic hydroxyl groups excluding tert-OH is 1. The largest absolute Gasteiger partial charge is 0.495 e. The third kappa shape index (κ3) is 2.76. The second kappa shape index (κ2) is 6.62. The summed E-state index contributed by atoms with van der Waals surface area (Å²) in [5, 5.41) is 9.30. The van der Waals surface area contributed by atoms with Gasteiger partial charge in [-0.3, -0.25) is 19.2 Å². The van der Waals surface area contributed by atoms with Crippen LogP contribution in [-0.2, 0) is 6.67 Å². The number of anilines is 2. The molecule has 0 saturated carbocycles. The molecule has 0 saturated heterocycles. The average molecular weight is 330 g/mol. The van der Waals surface area contributed by atoms with Crippen LogP contribution in [0.3, 0.4) is 0 Å². The van der Waals surface area contributed by atoms with E-state index in [4.69, 9.17) is 4.74 Å². The Morgan fingerprint density at radius 1 is 1.25 bits per heavy atom. The summed E-state index contributed by atoms with van der Waals surface area (Å²) in [4.78, 5) is 21.3. The Kier molecular flexibility index (Phi) is 4.55. The molecule has 1 aliphatic heterocycles. The molecular formula is C17H22N4O3. The minimum absolute atomic E-state index is 0.0299. The van der Waals surface area contributed by atoms with Gasteiger partial charge >= 0.3 is 0 Å². The lowest BCUT2D eigenvalue weighted by molar-refractivity contribution is 0.152. The molecule has 2 heterocycles. The van der Waals surface area contributed by atoms with Crippen molar-refractivity contribution in [2.45, 2.75) is 20.5 Å². The Balaban J connectivity index is 2.18. The number of hydrogen-bond acceptors (Lipinski definition) is 6. The number of fused-ring (bicyclic) bond motifs is 1. The first-order chi connectivity index (χ1) is 11.6. The van der Waals surface area contributed by atoms with Gasteiger partial charge in [0.05, 0.1) is 32.7 Å². The molecule has 1 aliphatic rings. The van der Waals surface area contributed by atoms with Gasteiger partial charge in [0.15, 0.2) is 0 Å². The van der Waals surface area contributed by atoms with Crippen LogP contribution in [0.2, 0.25) is 0 Å². The number of aliphatic hydroxyl groups is 1. The summed E-state index contributed by atoms with van der Waals surface area (Å²) in [5.74, 6) is 1.31. The summed E-state index contributed by atoms with van der Waals surface area (Å²) >= 11 is 0. The normalized spacial score (nSPS) is 14.6. The van der Waals surface area contributed by atoms with Crippen molar-refractivity contribution in [1.29, 1.82) is 0 Å². The molecule has 0 radical (unpaired) electrons. The number of hydrogen-bond donors (Lipinski definition) is 1. The van der Waals surface area contributed by atoms with Crippen molar-refractivity contribution in [2.75, 3.05) is 31.8 Å². The second-order valence-corrected chi connectivity index (χ2v) is 5.86. The van der Waals surface area contributed by atoms with Gasteiger partial charge in [-0.15, -0.1) is 0 Å². The maximum absolute atomic E-state index is 12.7. The first-order valence-electron chi connectivity index (χ1n) is 7.88. The molecule has 7 heteroatoms. The molecule has 1 aromatic heterocycles. The van der Waals surface area contributed by atoms with Gasteiger partial charge in [-0.2, -0.15) is 0 Å². The number of para-hydroxylation sites is 2. The van der Waals surface area contributed by atoms with Gasteiger partial charge in [-0.25, -0.2) is 4.98 Å². The molecule has 128 valence electrons. The number of methoxy groups -OCH3 is 1. The van der Waals surface area contributed by atoms with E-state index in [2.05, 4.69) is 4.98 Å². The molecule has 1 N–H and O–H groups in total. The molecule has 1 aromatic carbocycles. The van der Waals surface area contributed by atoms with Crippen molar-refractivity contribution in [3.05, 3.63) is 45.9 Å². The molecule has 0 unspecified atom stereocenters. The Morgan fingerprint density at radius 3 is 2.71 bits per heavy atom. The van der Waals surface area contributed by atoms with Crippen LogP contribution in [-0.4, -0.2) is 46.5 Å². The lowest BCUT2D eigenvalue weighted by atomic mass is 10.2. The van der Waals surface area contributed by atoms with E-state index in [9.17, 15) is 9.90 Å². The van der Waals surface area contributed by atoms with Crippen molar-refractivity contribution in [3.8, 4) is 5.75 Å². The summed E-state index contributed by atoms with van der Waals surface area (Å²) in [6.07, 6.45) is 0. The molecule has 3 rings (SSSR count). The first kappa shape index (κ1) is 16.5. The highest BCUT2D eigenvalue weighted by Crippen LogP contribution is 2.34. The molecule has 2 aromatic rings. The Hall–Kier alpha value is -2.38. The number of β-amino-alcohol motifs (C(OH)–C–C–N with tert-alkyl or cyclic N) is 1. The van der Waals surface area contributed by atoms with Crippen LogP contribution >= 0.6 is 0 Å². The van der Waals surface area contributed by atoms with E-state index in [0.717, 1.165) is 11.4 Å². The van der Waals surface area contributed by atoms with Crippen molar-refractivity contribution in [3.63, 3.8) is 0 Å². The summed E-state index contributed by atoms with van der Waals surface area (Å²) in [6.45, 7) is 5.07. The summed E-state index contributed by atoms with van der Waals surface area (Å²) in [5.41, 5.74) is 2.15. The fourth-order valence-electron chi connectivity index (χ4n) is 2.90. The molecule has 0 atom stereocenters. The molecule has 0 bridgehead atoms. The maximum Gasteiger partial charge on any atom is 0.259 e. The zero-order valence-electron chi connectivity index (χ0n) is 14.2. The molecule has 7 nitrogen and oxygen atoms in total. The van der Waals surface area contributed by atoms with Gasteiger partial charge in [0, 0.05) is 17.8 Å². The predicted molar refractivity (Wildman–Crippen MR) is 91.8 cm³/mol. The van der Waals surface area contributed by atoms with Gasteiger partial charge in [0.2, 0.25) is 5.95 Å². The van der Waals surface area contributed by atoms with Crippen molar-refractivity contribution in [1.82, 2.24) is 14.5 Å². The van der Waals surface area contributed by atoms with Gasteiger partial charge in [-0.1, -0.05) is 12.1 Å². The molecule has 0 aliphatic carbocycles. The van der Waals surface area contributed by atoms with E-state index in [1.165, 1.54) is 0 Å². The number of rotatable bonds is 4. The minimum Gasteiger partial charge on any atom is -0.495 e. The predicted octanol–water partition coefficient (Wildman–Crippen LogP) is 1.23. The van der Waals surface area contributed by atoms with E-state index >= 15 is 0 Å². The fraction of sp³-hybridized carbons (Fsp3) is 0.412. The van der Waals surface area contributed by atoms with Gasteiger partial charge in [0.1, 0.15) is 5.75 Å². The van der Waals surface area contributed by atoms with Gasteiger partial charge in [0.25, 0.3) is 5.56 Å². The Bertz CT molecular complexity index is 803. The van der Waals surface area contributed by atoms with Crippen molar-refractivity contribution in [2.24, 2.45) is 0 Å². The van der Waals surface area contributed by atoms with Gasteiger partial charge < -0.3 is 9.84 Å². The van der Waals surface area contributed by atoms with E-state index in [1.54, 1.807) is 18.6 Å². The molecular weight excluding hydrogens is 308 g/mol. The minimum atomic E-state index is -0.0555. The highest BCUT2D eigenvalue weighted by atomic mass is 16.5. The molecule has 0 fully saturated rings. The third-order valence-corrected chi connectivity index (χ3v) is 4.33. The van der Waals surface area contributed by atoms with Crippen LogP contribution in [0.1, 0.15) is 11.3 Å². The maximum atomic E-state index is 12.7. The van der Waals surface area contributed by atoms with Crippen LogP contribution in [0.5, 0.6) is 5.75 Å². The van der Waals surface area contributed by atoms with E-state index in [-0.39, 0.29) is 12.2 Å². The standard InChI is InChI=1S/C17H22N4O3/c1-12-13(2)18-17-20(14-6-4-5-7-15(14)24-3)10-19(8-9-22)11-21(17)16(12)23/h4-7,22H,8-11H2,1-3H3. The summed E-state index contributed by atoms with van der Waals surface area (Å²) in [7, 11) is 1.62. The topological polar surface area (TPSA) is 70.8 Å². The van der Waals surface area contributed by atoms with Crippen LogP contribution in [0.25, 0.3) is 0 Å². The Labute approximate surface area is 140 Å². The monoisotopic (exact) mass is 330 g/mol. The lowest BCUT2D eigenvalue weighted by Gasteiger charge is -2.38. The van der Waals surface area contributed by atoms with Crippen LogP contribution in [0, 0.1) is 13.8 Å². The van der Waals surface area contributed by atoms with Crippen LogP contribution in [0.4, 0.5) is 11.6 Å². The summed E-state index contributed by atoms with van der Waals surface area (Å²) < 4.78 is 7.12. The number of ether oxygens (including phenoxy) is 1. The third-order valence-electron chi connectivity index (χ3n) is 4.33.